The molecule has 0 radical (unpaired) electrons. The molecule has 0 N–H and O–H groups in total. The smallest absolute Gasteiger partial charge is 0.308 e. The highest BCUT2D eigenvalue weighted by atomic mass is 16.5. The van der Waals surface area contributed by atoms with E-state index in [1.54, 1.807) is 0 Å². The zero-order chi connectivity index (χ0) is 18.2. The fraction of sp³-hybridized carbons (Fsp3) is 0.955. The SMILES string of the molecule is CCCCC(CCC1CCCCCCCCCCCO1)C(=O)OCC. The van der Waals surface area contributed by atoms with Crippen molar-refractivity contribution in [2.24, 2.45) is 5.92 Å². The van der Waals surface area contributed by atoms with Crippen LogP contribution >= 0.6 is 0 Å². The van der Waals surface area contributed by atoms with E-state index in [-0.39, 0.29) is 11.9 Å². The molecule has 1 heterocycles. The van der Waals surface area contributed by atoms with Crippen LogP contribution in [0.4, 0.5) is 0 Å². The summed E-state index contributed by atoms with van der Waals surface area (Å²) in [6.07, 6.45) is 18.6. The molecule has 0 amide bonds. The molecule has 2 unspecified atom stereocenters. The Bertz CT molecular complexity index is 302. The summed E-state index contributed by atoms with van der Waals surface area (Å²) in [4.78, 5) is 12.2. The van der Waals surface area contributed by atoms with E-state index < -0.39 is 0 Å². The van der Waals surface area contributed by atoms with Crippen LogP contribution in [0.25, 0.3) is 0 Å². The summed E-state index contributed by atoms with van der Waals surface area (Å²) >= 11 is 0. The molecule has 2 atom stereocenters. The van der Waals surface area contributed by atoms with Crippen molar-refractivity contribution in [3.05, 3.63) is 0 Å². The molecule has 148 valence electrons. The minimum Gasteiger partial charge on any atom is -0.466 e. The lowest BCUT2D eigenvalue weighted by atomic mass is 9.93. The van der Waals surface area contributed by atoms with Crippen molar-refractivity contribution in [2.45, 2.75) is 116 Å². The number of hydrogen-bond acceptors (Lipinski definition) is 3. The Kier molecular flexibility index (Phi) is 14.1. The van der Waals surface area contributed by atoms with Crippen molar-refractivity contribution >= 4 is 5.97 Å². The van der Waals surface area contributed by atoms with E-state index in [1.807, 2.05) is 6.92 Å². The van der Waals surface area contributed by atoms with E-state index in [0.29, 0.717) is 12.7 Å². The van der Waals surface area contributed by atoms with Crippen LogP contribution in [0.1, 0.15) is 110 Å². The zero-order valence-corrected chi connectivity index (χ0v) is 16.9. The van der Waals surface area contributed by atoms with Crippen LogP contribution in [0.3, 0.4) is 0 Å². The topological polar surface area (TPSA) is 35.5 Å². The summed E-state index contributed by atoms with van der Waals surface area (Å²) < 4.78 is 11.5. The molecular weight excluding hydrogens is 312 g/mol. The normalized spacial score (nSPS) is 22.2. The summed E-state index contributed by atoms with van der Waals surface area (Å²) in [5.41, 5.74) is 0. The highest BCUT2D eigenvalue weighted by molar-refractivity contribution is 5.72. The van der Waals surface area contributed by atoms with Gasteiger partial charge in [0.25, 0.3) is 0 Å². The maximum absolute atomic E-state index is 12.2. The van der Waals surface area contributed by atoms with Crippen molar-refractivity contribution < 1.29 is 14.3 Å². The van der Waals surface area contributed by atoms with Crippen molar-refractivity contribution in [2.75, 3.05) is 13.2 Å². The monoisotopic (exact) mass is 354 g/mol. The Morgan fingerprint density at radius 2 is 1.60 bits per heavy atom. The van der Waals surface area contributed by atoms with Crippen molar-refractivity contribution in [1.29, 1.82) is 0 Å². The molecule has 1 rings (SSSR count). The molecule has 3 heteroatoms. The molecule has 0 saturated carbocycles. The molecule has 0 aromatic heterocycles. The minimum absolute atomic E-state index is 0.000548. The van der Waals surface area contributed by atoms with Gasteiger partial charge in [-0.3, -0.25) is 4.79 Å². The van der Waals surface area contributed by atoms with Crippen molar-refractivity contribution in [1.82, 2.24) is 0 Å². The van der Waals surface area contributed by atoms with Crippen LogP contribution in [0, 0.1) is 5.92 Å². The number of ether oxygens (including phenoxy) is 2. The van der Waals surface area contributed by atoms with E-state index in [1.165, 1.54) is 57.8 Å². The summed E-state index contributed by atoms with van der Waals surface area (Å²) in [6, 6.07) is 0. The Balaban J connectivity index is 2.43. The quantitative estimate of drug-likeness (QED) is 0.471. The molecule has 1 aliphatic rings. The number of hydrogen-bond donors (Lipinski definition) is 0. The second-order valence-electron chi connectivity index (χ2n) is 7.63. The van der Waals surface area contributed by atoms with Gasteiger partial charge in [-0.25, -0.2) is 0 Å². The van der Waals surface area contributed by atoms with Gasteiger partial charge >= 0.3 is 5.97 Å². The molecule has 1 fully saturated rings. The summed E-state index contributed by atoms with van der Waals surface area (Å²) in [5.74, 6) is 0.0636. The highest BCUT2D eigenvalue weighted by Gasteiger charge is 2.21. The molecule has 25 heavy (non-hydrogen) atoms. The number of rotatable bonds is 8. The maximum Gasteiger partial charge on any atom is 0.308 e. The van der Waals surface area contributed by atoms with Crippen LogP contribution in [0.2, 0.25) is 0 Å². The average molecular weight is 355 g/mol. The standard InChI is InChI=1S/C22H42O3/c1-3-5-15-20(22(23)24-4-2)17-18-21-16-13-11-9-7-6-8-10-12-14-19-25-21/h20-21H,3-19H2,1-2H3. The molecular formula is C22H42O3. The first kappa shape index (κ1) is 22.5. The van der Waals surface area contributed by atoms with Crippen molar-refractivity contribution in [3.63, 3.8) is 0 Å². The molecule has 0 spiro atoms. The van der Waals surface area contributed by atoms with Crippen LogP contribution in [-0.4, -0.2) is 25.3 Å². The lowest BCUT2D eigenvalue weighted by molar-refractivity contribution is -0.148. The summed E-state index contributed by atoms with van der Waals surface area (Å²) in [6.45, 7) is 5.46. The summed E-state index contributed by atoms with van der Waals surface area (Å²) in [5, 5.41) is 0. The molecule has 0 bridgehead atoms. The van der Waals surface area contributed by atoms with E-state index in [0.717, 1.165) is 45.1 Å². The number of carbonyl (C=O) groups excluding carboxylic acids is 1. The van der Waals surface area contributed by atoms with Gasteiger partial charge in [-0.05, 0) is 39.0 Å². The Hall–Kier alpha value is -0.570. The second-order valence-corrected chi connectivity index (χ2v) is 7.63. The van der Waals surface area contributed by atoms with Crippen LogP contribution in [-0.2, 0) is 14.3 Å². The molecule has 0 aromatic carbocycles. The minimum atomic E-state index is 0.000548. The third-order valence-corrected chi connectivity index (χ3v) is 5.39. The lowest BCUT2D eigenvalue weighted by Crippen LogP contribution is -2.21. The number of unbranched alkanes of at least 4 members (excludes halogenated alkanes) is 1. The highest BCUT2D eigenvalue weighted by Crippen LogP contribution is 2.22. The summed E-state index contributed by atoms with van der Waals surface area (Å²) in [7, 11) is 0. The largest absolute Gasteiger partial charge is 0.466 e. The lowest BCUT2D eigenvalue weighted by Gasteiger charge is -2.21. The molecule has 3 nitrogen and oxygen atoms in total. The third-order valence-electron chi connectivity index (χ3n) is 5.39. The van der Waals surface area contributed by atoms with Gasteiger partial charge in [-0.15, -0.1) is 0 Å². The second kappa shape index (κ2) is 15.7. The predicted octanol–water partition coefficient (Wildman–Crippen LogP) is 6.44. The zero-order valence-electron chi connectivity index (χ0n) is 16.9. The molecule has 0 aliphatic carbocycles. The van der Waals surface area contributed by atoms with Gasteiger partial charge in [0.15, 0.2) is 0 Å². The van der Waals surface area contributed by atoms with Crippen LogP contribution in [0.5, 0.6) is 0 Å². The molecule has 1 aliphatic heterocycles. The van der Waals surface area contributed by atoms with E-state index in [4.69, 9.17) is 9.47 Å². The number of esters is 1. The first-order valence-electron chi connectivity index (χ1n) is 11.1. The van der Waals surface area contributed by atoms with Gasteiger partial charge in [0, 0.05) is 6.61 Å². The molecule has 0 aromatic rings. The Labute approximate surface area is 156 Å². The first-order chi connectivity index (χ1) is 12.3. The maximum atomic E-state index is 12.2. The fourth-order valence-electron chi connectivity index (χ4n) is 3.75. The van der Waals surface area contributed by atoms with Gasteiger partial charge < -0.3 is 9.47 Å². The van der Waals surface area contributed by atoms with Gasteiger partial charge in [-0.2, -0.15) is 0 Å². The predicted molar refractivity (Wildman–Crippen MR) is 105 cm³/mol. The van der Waals surface area contributed by atoms with Crippen LogP contribution < -0.4 is 0 Å². The average Bonchev–Trinajstić information content (AvgIpc) is 2.63. The van der Waals surface area contributed by atoms with E-state index >= 15 is 0 Å². The first-order valence-corrected chi connectivity index (χ1v) is 11.1. The Morgan fingerprint density at radius 1 is 0.960 bits per heavy atom. The van der Waals surface area contributed by atoms with E-state index in [2.05, 4.69) is 6.92 Å². The fourth-order valence-corrected chi connectivity index (χ4v) is 3.75. The van der Waals surface area contributed by atoms with Gasteiger partial charge in [0.1, 0.15) is 0 Å². The van der Waals surface area contributed by atoms with E-state index in [9.17, 15) is 4.79 Å². The number of carbonyl (C=O) groups is 1. The van der Waals surface area contributed by atoms with Gasteiger partial charge in [-0.1, -0.05) is 71.1 Å². The van der Waals surface area contributed by atoms with Crippen molar-refractivity contribution in [3.8, 4) is 0 Å². The Morgan fingerprint density at radius 3 is 2.24 bits per heavy atom. The molecule has 1 saturated heterocycles. The van der Waals surface area contributed by atoms with Gasteiger partial charge in [0.2, 0.25) is 0 Å². The van der Waals surface area contributed by atoms with Gasteiger partial charge in [0.05, 0.1) is 18.6 Å². The third kappa shape index (κ3) is 11.6. The van der Waals surface area contributed by atoms with Crippen LogP contribution in [0.15, 0.2) is 0 Å².